The van der Waals surface area contributed by atoms with Crippen LogP contribution in [0.1, 0.15) is 5.56 Å². The van der Waals surface area contributed by atoms with Gasteiger partial charge in [0.1, 0.15) is 17.0 Å². The second-order valence-corrected chi connectivity index (χ2v) is 5.64. The van der Waals surface area contributed by atoms with Crippen LogP contribution < -0.4 is 16.0 Å². The highest BCUT2D eigenvalue weighted by atomic mass is 16.5. The van der Waals surface area contributed by atoms with Crippen molar-refractivity contribution in [3.8, 4) is 11.5 Å². The molecule has 0 atom stereocenters. The van der Waals surface area contributed by atoms with Crippen molar-refractivity contribution in [2.24, 2.45) is 5.10 Å². The van der Waals surface area contributed by atoms with Crippen LogP contribution in [-0.2, 0) is 0 Å². The molecule has 0 bridgehead atoms. The van der Waals surface area contributed by atoms with Crippen molar-refractivity contribution in [2.45, 2.75) is 0 Å². The fraction of sp³-hybridized carbons (Fsp3) is 0.0556. The number of H-pyrrole nitrogens is 2. The Bertz CT molecular complexity index is 1280. The topological polar surface area (TPSA) is 112 Å². The van der Waals surface area contributed by atoms with Gasteiger partial charge in [0.15, 0.2) is 0 Å². The fourth-order valence-electron chi connectivity index (χ4n) is 2.86. The van der Waals surface area contributed by atoms with E-state index in [1.165, 1.54) is 25.5 Å². The van der Waals surface area contributed by atoms with Gasteiger partial charge in [-0.3, -0.25) is 4.79 Å². The molecular weight excluding hydrogens is 336 g/mol. The van der Waals surface area contributed by atoms with Gasteiger partial charge in [-0.25, -0.2) is 4.79 Å². The zero-order chi connectivity index (χ0) is 18.3. The molecule has 2 aromatic heterocycles. The van der Waals surface area contributed by atoms with E-state index in [1.54, 1.807) is 30.3 Å². The summed E-state index contributed by atoms with van der Waals surface area (Å²) in [7, 11) is 1.52. The monoisotopic (exact) mass is 350 g/mol. The minimum atomic E-state index is -0.675. The van der Waals surface area contributed by atoms with Gasteiger partial charge in [0.2, 0.25) is 0 Å². The zero-order valence-electron chi connectivity index (χ0n) is 13.7. The SMILES string of the molecule is COc1cccc2[nH]c3c(=O)n(N=Cc4cccc(O)c4)c(=O)[nH]c3c12. The summed E-state index contributed by atoms with van der Waals surface area (Å²) in [6, 6.07) is 11.6. The van der Waals surface area contributed by atoms with Crippen LogP contribution >= 0.6 is 0 Å². The summed E-state index contributed by atoms with van der Waals surface area (Å²) in [6.07, 6.45) is 1.32. The molecule has 8 heteroatoms. The summed E-state index contributed by atoms with van der Waals surface area (Å²) in [6.45, 7) is 0. The van der Waals surface area contributed by atoms with Crippen LogP contribution in [0.5, 0.6) is 11.5 Å². The Morgan fingerprint density at radius 1 is 1.12 bits per heavy atom. The van der Waals surface area contributed by atoms with Gasteiger partial charge >= 0.3 is 11.2 Å². The number of hydrogen-bond donors (Lipinski definition) is 3. The number of phenolic OH excluding ortho intramolecular Hbond substituents is 1. The molecule has 4 aromatic rings. The molecule has 0 aliphatic heterocycles. The predicted octanol–water partition coefficient (Wildman–Crippen LogP) is 1.77. The van der Waals surface area contributed by atoms with E-state index in [0.717, 1.165) is 4.68 Å². The first-order chi connectivity index (χ1) is 12.6. The van der Waals surface area contributed by atoms with Crippen LogP contribution in [0, 0.1) is 0 Å². The second kappa shape index (κ2) is 5.92. The largest absolute Gasteiger partial charge is 0.508 e. The summed E-state index contributed by atoms with van der Waals surface area (Å²) < 4.78 is 6.05. The molecule has 0 unspecified atom stereocenters. The number of nitrogens with one attached hydrogen (secondary N) is 2. The van der Waals surface area contributed by atoms with E-state index in [0.29, 0.717) is 27.7 Å². The van der Waals surface area contributed by atoms with Crippen LogP contribution in [0.15, 0.2) is 57.2 Å². The molecule has 0 fully saturated rings. The Labute approximate surface area is 146 Å². The lowest BCUT2D eigenvalue weighted by Crippen LogP contribution is -2.32. The van der Waals surface area contributed by atoms with Gasteiger partial charge in [0.05, 0.1) is 29.7 Å². The Balaban J connectivity index is 1.94. The van der Waals surface area contributed by atoms with Gasteiger partial charge in [0.25, 0.3) is 0 Å². The van der Waals surface area contributed by atoms with E-state index >= 15 is 0 Å². The van der Waals surface area contributed by atoms with E-state index in [9.17, 15) is 14.7 Å². The zero-order valence-corrected chi connectivity index (χ0v) is 13.7. The van der Waals surface area contributed by atoms with Crippen molar-refractivity contribution in [3.05, 3.63) is 68.9 Å². The van der Waals surface area contributed by atoms with Crippen LogP contribution in [0.2, 0.25) is 0 Å². The van der Waals surface area contributed by atoms with Crippen molar-refractivity contribution < 1.29 is 9.84 Å². The highest BCUT2D eigenvalue weighted by molar-refractivity contribution is 6.07. The summed E-state index contributed by atoms with van der Waals surface area (Å²) in [4.78, 5) is 30.8. The molecule has 0 spiro atoms. The Morgan fingerprint density at radius 3 is 2.69 bits per heavy atom. The predicted molar refractivity (Wildman–Crippen MR) is 98.3 cm³/mol. The number of aromatic nitrogens is 3. The van der Waals surface area contributed by atoms with E-state index in [2.05, 4.69) is 15.1 Å². The third-order valence-corrected chi connectivity index (χ3v) is 4.03. The number of rotatable bonds is 3. The number of phenols is 1. The van der Waals surface area contributed by atoms with Crippen LogP contribution in [0.25, 0.3) is 21.9 Å². The molecule has 0 aliphatic rings. The van der Waals surface area contributed by atoms with Crippen molar-refractivity contribution in [3.63, 3.8) is 0 Å². The molecule has 0 saturated carbocycles. The molecule has 2 aromatic carbocycles. The number of aromatic hydroxyl groups is 1. The highest BCUT2D eigenvalue weighted by Gasteiger charge is 2.15. The van der Waals surface area contributed by atoms with Gasteiger partial charge in [-0.1, -0.05) is 18.2 Å². The molecule has 26 heavy (non-hydrogen) atoms. The lowest BCUT2D eigenvalue weighted by Gasteiger charge is -2.01. The van der Waals surface area contributed by atoms with Crippen molar-refractivity contribution in [1.29, 1.82) is 0 Å². The highest BCUT2D eigenvalue weighted by Crippen LogP contribution is 2.29. The Hall–Kier alpha value is -3.81. The number of fused-ring (bicyclic) bond motifs is 3. The maximum absolute atomic E-state index is 12.7. The quantitative estimate of drug-likeness (QED) is 0.489. The Morgan fingerprint density at radius 2 is 1.92 bits per heavy atom. The fourth-order valence-corrected chi connectivity index (χ4v) is 2.86. The van der Waals surface area contributed by atoms with E-state index < -0.39 is 11.2 Å². The number of methoxy groups -OCH3 is 1. The molecule has 4 rings (SSSR count). The molecule has 0 radical (unpaired) electrons. The number of benzene rings is 2. The van der Waals surface area contributed by atoms with E-state index in [4.69, 9.17) is 4.74 Å². The van der Waals surface area contributed by atoms with E-state index in [1.807, 2.05) is 0 Å². The molecule has 0 saturated heterocycles. The normalized spacial score (nSPS) is 11.6. The molecule has 3 N–H and O–H groups in total. The van der Waals surface area contributed by atoms with Gasteiger partial charge in [-0.05, 0) is 29.8 Å². The molecular formula is C18H14N4O4. The minimum absolute atomic E-state index is 0.0633. The minimum Gasteiger partial charge on any atom is -0.508 e. The van der Waals surface area contributed by atoms with Gasteiger partial charge < -0.3 is 19.8 Å². The van der Waals surface area contributed by atoms with Gasteiger partial charge in [-0.15, -0.1) is 4.68 Å². The molecule has 0 aliphatic carbocycles. The smallest absolute Gasteiger partial charge is 0.350 e. The van der Waals surface area contributed by atoms with Crippen molar-refractivity contribution in [1.82, 2.24) is 14.6 Å². The van der Waals surface area contributed by atoms with Gasteiger partial charge in [0, 0.05) is 0 Å². The molecule has 130 valence electrons. The van der Waals surface area contributed by atoms with Gasteiger partial charge in [-0.2, -0.15) is 5.10 Å². The van der Waals surface area contributed by atoms with Crippen molar-refractivity contribution >= 4 is 28.2 Å². The number of aromatic amines is 2. The maximum Gasteiger partial charge on any atom is 0.350 e. The summed E-state index contributed by atoms with van der Waals surface area (Å²) in [5.41, 5.74) is 0.550. The molecule has 8 nitrogen and oxygen atoms in total. The number of nitrogens with zero attached hydrogens (tertiary/aromatic N) is 2. The first-order valence-corrected chi connectivity index (χ1v) is 7.75. The van der Waals surface area contributed by atoms with Crippen LogP contribution in [0.3, 0.4) is 0 Å². The number of hydrogen-bond acceptors (Lipinski definition) is 5. The number of ether oxygens (including phenoxy) is 1. The maximum atomic E-state index is 12.7. The lowest BCUT2D eigenvalue weighted by atomic mass is 10.2. The Kier molecular flexibility index (Phi) is 3.58. The molecule has 2 heterocycles. The summed E-state index contributed by atoms with van der Waals surface area (Å²) in [5.74, 6) is 0.609. The molecule has 0 amide bonds. The first kappa shape index (κ1) is 15.7. The summed E-state index contributed by atoms with van der Waals surface area (Å²) >= 11 is 0. The average Bonchev–Trinajstić information content (AvgIpc) is 3.00. The summed E-state index contributed by atoms with van der Waals surface area (Å²) in [5, 5.41) is 14.1. The average molecular weight is 350 g/mol. The second-order valence-electron chi connectivity index (χ2n) is 5.64. The lowest BCUT2D eigenvalue weighted by molar-refractivity contribution is 0.420. The third kappa shape index (κ3) is 2.44. The van der Waals surface area contributed by atoms with Crippen LogP contribution in [0.4, 0.5) is 0 Å². The first-order valence-electron chi connectivity index (χ1n) is 7.75. The van der Waals surface area contributed by atoms with Crippen LogP contribution in [-0.4, -0.2) is 33.1 Å². The third-order valence-electron chi connectivity index (χ3n) is 4.03. The van der Waals surface area contributed by atoms with Crippen molar-refractivity contribution in [2.75, 3.05) is 7.11 Å². The van der Waals surface area contributed by atoms with E-state index in [-0.39, 0.29) is 11.3 Å². The standard InChI is InChI=1S/C18H14N4O4/c1-26-13-7-3-6-12-14(13)15-16(20-12)17(24)22(18(25)21-15)19-9-10-4-2-5-11(23)8-10/h2-9,20,23H,1H3,(H,21,25).